The molecule has 3 N–H and O–H groups in total. The summed E-state index contributed by atoms with van der Waals surface area (Å²) < 4.78 is 0. The van der Waals surface area contributed by atoms with Gasteiger partial charge in [0, 0.05) is 12.5 Å². The minimum Gasteiger partial charge on any atom is -0.394 e. The predicted octanol–water partition coefficient (Wildman–Crippen LogP) is 0.262. The Hall–Kier alpha value is -0.610. The summed E-state index contributed by atoms with van der Waals surface area (Å²) >= 11 is 0. The summed E-state index contributed by atoms with van der Waals surface area (Å²) in [5.41, 5.74) is 0. The first kappa shape index (κ1) is 12.5. The summed E-state index contributed by atoms with van der Waals surface area (Å²) in [4.78, 5) is 11.6. The summed E-state index contributed by atoms with van der Waals surface area (Å²) in [6.45, 7) is 5.02. The van der Waals surface area contributed by atoms with Crippen LogP contribution < -0.4 is 10.6 Å². The van der Waals surface area contributed by atoms with Crippen LogP contribution in [0.4, 0.5) is 0 Å². The van der Waals surface area contributed by atoms with E-state index in [4.69, 9.17) is 5.11 Å². The fourth-order valence-electron chi connectivity index (χ4n) is 1.84. The Morgan fingerprint density at radius 3 is 2.80 bits per heavy atom. The third-order valence-electron chi connectivity index (χ3n) is 2.94. The van der Waals surface area contributed by atoms with Crippen LogP contribution in [0.2, 0.25) is 0 Å². The van der Waals surface area contributed by atoms with Gasteiger partial charge in [0.1, 0.15) is 0 Å². The quantitative estimate of drug-likeness (QED) is 0.615. The average molecular weight is 214 g/mol. The van der Waals surface area contributed by atoms with Crippen LogP contribution in [0.25, 0.3) is 0 Å². The molecule has 2 unspecified atom stereocenters. The zero-order valence-corrected chi connectivity index (χ0v) is 9.62. The normalized spacial score (nSPS) is 23.1. The van der Waals surface area contributed by atoms with Crippen molar-refractivity contribution in [2.24, 2.45) is 5.92 Å². The number of aliphatic hydroxyl groups excluding tert-OH is 1. The van der Waals surface area contributed by atoms with Crippen molar-refractivity contribution >= 4 is 5.91 Å². The van der Waals surface area contributed by atoms with Gasteiger partial charge in [-0.2, -0.15) is 0 Å². The highest BCUT2D eigenvalue weighted by Crippen LogP contribution is 2.09. The third kappa shape index (κ3) is 4.18. The molecule has 1 aliphatic rings. The Morgan fingerprint density at radius 2 is 2.33 bits per heavy atom. The topological polar surface area (TPSA) is 61.4 Å². The lowest BCUT2D eigenvalue weighted by atomic mass is 10.0. The Morgan fingerprint density at radius 1 is 1.60 bits per heavy atom. The largest absolute Gasteiger partial charge is 0.394 e. The number of carbonyl (C=O) groups is 1. The van der Waals surface area contributed by atoms with E-state index in [0.29, 0.717) is 12.5 Å². The van der Waals surface area contributed by atoms with Crippen molar-refractivity contribution in [1.29, 1.82) is 0 Å². The first-order valence-electron chi connectivity index (χ1n) is 5.77. The van der Waals surface area contributed by atoms with Gasteiger partial charge in [0.05, 0.1) is 12.6 Å². The maximum absolute atomic E-state index is 11.6. The number of rotatable bonds is 5. The Bertz CT molecular complexity index is 201. The summed E-state index contributed by atoms with van der Waals surface area (Å²) in [6, 6.07) is 0.218. The van der Waals surface area contributed by atoms with E-state index in [1.54, 1.807) is 0 Å². The molecule has 0 aromatic rings. The van der Waals surface area contributed by atoms with Crippen molar-refractivity contribution in [3.8, 4) is 0 Å². The molecular formula is C11H22N2O2. The van der Waals surface area contributed by atoms with Crippen LogP contribution in [-0.2, 0) is 4.79 Å². The standard InChI is InChI=1S/C11H22N2O2/c1-8(2)10(7-14)13-11(15)6-9-4-3-5-12-9/h8-10,12,14H,3-7H2,1-2H3,(H,13,15). The molecule has 4 nitrogen and oxygen atoms in total. The van der Waals surface area contributed by atoms with Crippen molar-refractivity contribution in [1.82, 2.24) is 10.6 Å². The van der Waals surface area contributed by atoms with Crippen molar-refractivity contribution < 1.29 is 9.90 Å². The molecule has 0 saturated carbocycles. The minimum absolute atomic E-state index is 0.0154. The molecule has 0 aromatic carbocycles. The molecule has 0 aliphatic carbocycles. The molecule has 1 aliphatic heterocycles. The van der Waals surface area contributed by atoms with Crippen molar-refractivity contribution in [2.45, 2.75) is 45.2 Å². The zero-order valence-electron chi connectivity index (χ0n) is 9.62. The van der Waals surface area contributed by atoms with Gasteiger partial charge in [-0.15, -0.1) is 0 Å². The molecule has 0 spiro atoms. The molecule has 1 rings (SSSR count). The van der Waals surface area contributed by atoms with E-state index in [1.165, 1.54) is 0 Å². The SMILES string of the molecule is CC(C)C(CO)NC(=O)CC1CCCN1. The molecule has 0 aromatic heterocycles. The van der Waals surface area contributed by atoms with Crippen LogP contribution in [-0.4, -0.2) is 36.2 Å². The fourth-order valence-corrected chi connectivity index (χ4v) is 1.84. The molecule has 0 radical (unpaired) electrons. The second-order valence-electron chi connectivity index (χ2n) is 4.60. The van der Waals surface area contributed by atoms with Crippen LogP contribution in [0.5, 0.6) is 0 Å². The summed E-state index contributed by atoms with van der Waals surface area (Å²) in [6.07, 6.45) is 2.77. The fraction of sp³-hybridized carbons (Fsp3) is 0.909. The molecule has 1 heterocycles. The van der Waals surface area contributed by atoms with E-state index in [2.05, 4.69) is 10.6 Å². The summed E-state index contributed by atoms with van der Waals surface area (Å²) in [7, 11) is 0. The smallest absolute Gasteiger partial charge is 0.221 e. The van der Waals surface area contributed by atoms with Gasteiger partial charge in [-0.3, -0.25) is 4.79 Å². The van der Waals surface area contributed by atoms with Crippen LogP contribution in [0.1, 0.15) is 33.1 Å². The number of carbonyl (C=O) groups excluding carboxylic acids is 1. The van der Waals surface area contributed by atoms with Gasteiger partial charge >= 0.3 is 0 Å². The number of amides is 1. The lowest BCUT2D eigenvalue weighted by Gasteiger charge is -2.21. The third-order valence-corrected chi connectivity index (χ3v) is 2.94. The van der Waals surface area contributed by atoms with Gasteiger partial charge in [0.25, 0.3) is 0 Å². The monoisotopic (exact) mass is 214 g/mol. The molecule has 2 atom stereocenters. The maximum Gasteiger partial charge on any atom is 0.221 e. The predicted molar refractivity (Wildman–Crippen MR) is 59.5 cm³/mol. The second kappa shape index (κ2) is 6.08. The summed E-state index contributed by atoms with van der Waals surface area (Å²) in [5, 5.41) is 15.2. The molecular weight excluding hydrogens is 192 g/mol. The van der Waals surface area contributed by atoms with E-state index in [9.17, 15) is 4.79 Å². The highest BCUT2D eigenvalue weighted by molar-refractivity contribution is 5.77. The molecule has 1 saturated heterocycles. The van der Waals surface area contributed by atoms with Crippen LogP contribution in [0.3, 0.4) is 0 Å². The first-order chi connectivity index (χ1) is 7.13. The van der Waals surface area contributed by atoms with Crippen molar-refractivity contribution in [3.05, 3.63) is 0 Å². The van der Waals surface area contributed by atoms with Crippen LogP contribution in [0.15, 0.2) is 0 Å². The number of hydrogen-bond donors (Lipinski definition) is 3. The first-order valence-corrected chi connectivity index (χ1v) is 5.77. The van der Waals surface area contributed by atoms with Crippen LogP contribution in [0, 0.1) is 5.92 Å². The average Bonchev–Trinajstić information content (AvgIpc) is 2.66. The number of nitrogens with one attached hydrogen (secondary N) is 2. The molecule has 15 heavy (non-hydrogen) atoms. The molecule has 1 amide bonds. The Balaban J connectivity index is 2.27. The van der Waals surface area contributed by atoms with Gasteiger partial charge in [-0.1, -0.05) is 13.8 Å². The number of aliphatic hydroxyl groups is 1. The highest BCUT2D eigenvalue weighted by Gasteiger charge is 2.20. The lowest BCUT2D eigenvalue weighted by molar-refractivity contribution is -0.122. The Labute approximate surface area is 91.4 Å². The van der Waals surface area contributed by atoms with Crippen molar-refractivity contribution in [3.63, 3.8) is 0 Å². The molecule has 0 bridgehead atoms. The van der Waals surface area contributed by atoms with E-state index in [0.717, 1.165) is 19.4 Å². The minimum atomic E-state index is -0.112. The number of hydrogen-bond acceptors (Lipinski definition) is 3. The van der Waals surface area contributed by atoms with Gasteiger partial charge in [0.15, 0.2) is 0 Å². The van der Waals surface area contributed by atoms with E-state index in [1.807, 2.05) is 13.8 Å². The van der Waals surface area contributed by atoms with E-state index in [-0.39, 0.29) is 24.5 Å². The van der Waals surface area contributed by atoms with E-state index >= 15 is 0 Å². The summed E-state index contributed by atoms with van der Waals surface area (Å²) in [5.74, 6) is 0.317. The molecule has 4 heteroatoms. The molecule has 88 valence electrons. The van der Waals surface area contributed by atoms with E-state index < -0.39 is 0 Å². The van der Waals surface area contributed by atoms with Crippen molar-refractivity contribution in [2.75, 3.05) is 13.2 Å². The van der Waals surface area contributed by atoms with Gasteiger partial charge in [-0.05, 0) is 25.3 Å². The highest BCUT2D eigenvalue weighted by atomic mass is 16.3. The van der Waals surface area contributed by atoms with Gasteiger partial charge < -0.3 is 15.7 Å². The zero-order chi connectivity index (χ0) is 11.3. The molecule has 1 fully saturated rings. The Kier molecular flexibility index (Phi) is 5.05. The van der Waals surface area contributed by atoms with Gasteiger partial charge in [0.2, 0.25) is 5.91 Å². The lowest BCUT2D eigenvalue weighted by Crippen LogP contribution is -2.43. The maximum atomic E-state index is 11.6. The van der Waals surface area contributed by atoms with Gasteiger partial charge in [-0.25, -0.2) is 0 Å². The second-order valence-corrected chi connectivity index (χ2v) is 4.60. The van der Waals surface area contributed by atoms with Crippen LogP contribution >= 0.6 is 0 Å².